The highest BCUT2D eigenvalue weighted by molar-refractivity contribution is 7.89. The quantitative estimate of drug-likeness (QED) is 0.840. The predicted molar refractivity (Wildman–Crippen MR) is 77.7 cm³/mol. The van der Waals surface area contributed by atoms with E-state index in [1.807, 2.05) is 6.92 Å². The van der Waals surface area contributed by atoms with Crippen LogP contribution in [-0.4, -0.2) is 14.5 Å². The lowest BCUT2D eigenvalue weighted by Gasteiger charge is -2.31. The van der Waals surface area contributed by atoms with Crippen LogP contribution in [0.5, 0.6) is 0 Å². The van der Waals surface area contributed by atoms with Crippen LogP contribution in [-0.2, 0) is 10.0 Å². The Labute approximate surface area is 119 Å². The van der Waals surface area contributed by atoms with Gasteiger partial charge in [0, 0.05) is 11.7 Å². The first-order valence-corrected chi connectivity index (χ1v) is 8.25. The van der Waals surface area contributed by atoms with Gasteiger partial charge in [-0.25, -0.2) is 13.1 Å². The van der Waals surface area contributed by atoms with Gasteiger partial charge in [-0.3, -0.25) is 0 Å². The first-order valence-electron chi connectivity index (χ1n) is 6.39. The smallest absolute Gasteiger partial charge is 0.242 e. The Morgan fingerprint density at radius 2 is 2.05 bits per heavy atom. The number of rotatable bonds is 4. The van der Waals surface area contributed by atoms with Gasteiger partial charge in [-0.2, -0.15) is 0 Å². The van der Waals surface area contributed by atoms with Crippen LogP contribution < -0.4 is 10.5 Å². The zero-order chi connectivity index (χ0) is 14.2. The zero-order valence-corrected chi connectivity index (χ0v) is 12.7. The first-order chi connectivity index (χ1) is 8.81. The summed E-state index contributed by atoms with van der Waals surface area (Å²) in [5, 5.41) is 0.208. The molecule has 6 heteroatoms. The zero-order valence-electron chi connectivity index (χ0n) is 11.1. The molecule has 0 bridgehead atoms. The number of benzene rings is 1. The second kappa shape index (κ2) is 5.31. The molecule has 3 N–H and O–H groups in total. The van der Waals surface area contributed by atoms with Crippen LogP contribution in [0.1, 0.15) is 31.7 Å². The number of nitrogens with two attached hydrogens (primary N) is 1. The number of hydrogen-bond donors (Lipinski definition) is 2. The summed E-state index contributed by atoms with van der Waals surface area (Å²) in [4.78, 5) is 0.0587. The van der Waals surface area contributed by atoms with Crippen molar-refractivity contribution in [2.45, 2.75) is 44.0 Å². The molecule has 1 aromatic carbocycles. The van der Waals surface area contributed by atoms with Gasteiger partial charge in [0.2, 0.25) is 10.0 Å². The van der Waals surface area contributed by atoms with Crippen molar-refractivity contribution in [1.82, 2.24) is 4.72 Å². The Morgan fingerprint density at radius 1 is 1.42 bits per heavy atom. The van der Waals surface area contributed by atoms with Gasteiger partial charge in [-0.1, -0.05) is 18.0 Å². The Hall–Kier alpha value is -0.780. The standard InChI is InChI=1S/C13H19ClN2O2S/c1-8-6-11(14)13(7-12(8)15)19(17,18)16-9(2)10-4-3-5-10/h6-7,9-10,16H,3-5,15H2,1-2H3. The normalized spacial score (nSPS) is 18.1. The predicted octanol–water partition coefficient (Wildman–Crippen LogP) is 2.70. The molecule has 0 saturated heterocycles. The monoisotopic (exact) mass is 302 g/mol. The van der Waals surface area contributed by atoms with Crippen LogP contribution in [0.4, 0.5) is 5.69 Å². The van der Waals surface area contributed by atoms with Crippen molar-refractivity contribution in [2.75, 3.05) is 5.73 Å². The molecule has 1 atom stereocenters. The number of halogens is 1. The molecule has 0 heterocycles. The molecule has 1 aliphatic carbocycles. The highest BCUT2D eigenvalue weighted by Crippen LogP contribution is 2.31. The second-order valence-corrected chi connectivity index (χ2v) is 7.33. The molecular weight excluding hydrogens is 284 g/mol. The Kier molecular flexibility index (Phi) is 4.08. The van der Waals surface area contributed by atoms with Crippen LogP contribution in [0.25, 0.3) is 0 Å². The van der Waals surface area contributed by atoms with Crippen LogP contribution in [0.2, 0.25) is 5.02 Å². The maximum Gasteiger partial charge on any atom is 0.242 e. The number of aryl methyl sites for hydroxylation is 1. The maximum absolute atomic E-state index is 12.3. The lowest BCUT2D eigenvalue weighted by Crippen LogP contribution is -2.40. The molecular formula is C13H19ClN2O2S. The molecule has 106 valence electrons. The van der Waals surface area contributed by atoms with Crippen LogP contribution in [0.15, 0.2) is 17.0 Å². The van der Waals surface area contributed by atoms with E-state index < -0.39 is 10.0 Å². The first kappa shape index (κ1) is 14.6. The minimum atomic E-state index is -3.61. The largest absolute Gasteiger partial charge is 0.398 e. The minimum Gasteiger partial charge on any atom is -0.398 e. The van der Waals surface area contributed by atoms with E-state index in [0.717, 1.165) is 18.4 Å². The summed E-state index contributed by atoms with van der Waals surface area (Å²) in [6.45, 7) is 3.69. The molecule has 4 nitrogen and oxygen atoms in total. The lowest BCUT2D eigenvalue weighted by molar-refractivity contribution is 0.260. The highest BCUT2D eigenvalue weighted by Gasteiger charge is 2.29. The summed E-state index contributed by atoms with van der Waals surface area (Å²) < 4.78 is 27.3. The molecule has 19 heavy (non-hydrogen) atoms. The SMILES string of the molecule is Cc1cc(Cl)c(S(=O)(=O)NC(C)C2CCC2)cc1N. The van der Waals surface area contributed by atoms with Crippen LogP contribution in [0, 0.1) is 12.8 Å². The third-order valence-electron chi connectivity index (χ3n) is 3.81. The van der Waals surface area contributed by atoms with Crippen molar-refractivity contribution in [3.05, 3.63) is 22.7 Å². The summed E-state index contributed by atoms with van der Waals surface area (Å²) in [7, 11) is -3.61. The number of nitrogens with one attached hydrogen (secondary N) is 1. The van der Waals surface area contributed by atoms with E-state index >= 15 is 0 Å². The third-order valence-corrected chi connectivity index (χ3v) is 5.83. The van der Waals surface area contributed by atoms with Crippen molar-refractivity contribution in [1.29, 1.82) is 0 Å². The third kappa shape index (κ3) is 3.04. The van der Waals surface area contributed by atoms with Crippen LogP contribution >= 0.6 is 11.6 Å². The summed E-state index contributed by atoms with van der Waals surface area (Å²) in [6.07, 6.45) is 3.33. The highest BCUT2D eigenvalue weighted by atomic mass is 35.5. The maximum atomic E-state index is 12.3. The van der Waals surface area contributed by atoms with Crippen molar-refractivity contribution in [3.8, 4) is 0 Å². The molecule has 0 aromatic heterocycles. The second-order valence-electron chi connectivity index (χ2n) is 5.24. The molecule has 2 rings (SSSR count). The number of anilines is 1. The number of sulfonamides is 1. The Bertz CT molecular complexity index is 583. The molecule has 1 aromatic rings. The molecule has 1 fully saturated rings. The average molecular weight is 303 g/mol. The summed E-state index contributed by atoms with van der Waals surface area (Å²) in [5.41, 5.74) is 6.97. The van der Waals surface area contributed by atoms with E-state index in [1.54, 1.807) is 13.0 Å². The summed E-state index contributed by atoms with van der Waals surface area (Å²) in [5.74, 6) is 0.427. The minimum absolute atomic E-state index is 0.0587. The van der Waals surface area contributed by atoms with E-state index in [4.69, 9.17) is 17.3 Å². The Morgan fingerprint density at radius 3 is 2.58 bits per heavy atom. The van der Waals surface area contributed by atoms with E-state index in [9.17, 15) is 8.42 Å². The van der Waals surface area contributed by atoms with E-state index in [0.29, 0.717) is 11.6 Å². The molecule has 1 aliphatic rings. The lowest BCUT2D eigenvalue weighted by atomic mass is 9.81. The number of nitrogen functional groups attached to an aromatic ring is 1. The van der Waals surface area contributed by atoms with E-state index in [2.05, 4.69) is 4.72 Å². The van der Waals surface area contributed by atoms with Gasteiger partial charge in [0.05, 0.1) is 5.02 Å². The average Bonchev–Trinajstić information content (AvgIpc) is 2.19. The van der Waals surface area contributed by atoms with Crippen molar-refractivity contribution in [2.24, 2.45) is 5.92 Å². The molecule has 0 amide bonds. The van der Waals surface area contributed by atoms with Gasteiger partial charge >= 0.3 is 0 Å². The van der Waals surface area contributed by atoms with E-state index in [1.165, 1.54) is 12.5 Å². The molecule has 0 aliphatic heterocycles. The fourth-order valence-corrected chi connectivity index (χ4v) is 4.15. The van der Waals surface area contributed by atoms with Crippen LogP contribution in [0.3, 0.4) is 0 Å². The van der Waals surface area contributed by atoms with Crippen molar-refractivity contribution in [3.63, 3.8) is 0 Å². The van der Waals surface area contributed by atoms with Gasteiger partial charge < -0.3 is 5.73 Å². The summed E-state index contributed by atoms with van der Waals surface area (Å²) >= 11 is 6.02. The number of hydrogen-bond acceptors (Lipinski definition) is 3. The fraction of sp³-hybridized carbons (Fsp3) is 0.538. The van der Waals surface area contributed by atoms with Crippen molar-refractivity contribution < 1.29 is 8.42 Å². The van der Waals surface area contributed by atoms with Gasteiger partial charge in [0.25, 0.3) is 0 Å². The van der Waals surface area contributed by atoms with Crippen molar-refractivity contribution >= 4 is 27.3 Å². The Balaban J connectivity index is 2.26. The molecule has 1 unspecified atom stereocenters. The molecule has 1 saturated carbocycles. The fourth-order valence-electron chi connectivity index (χ4n) is 2.22. The van der Waals surface area contributed by atoms with E-state index in [-0.39, 0.29) is 16.0 Å². The topological polar surface area (TPSA) is 72.2 Å². The van der Waals surface area contributed by atoms with Gasteiger partial charge in [-0.15, -0.1) is 0 Å². The summed E-state index contributed by atoms with van der Waals surface area (Å²) in [6, 6.07) is 2.93. The molecule has 0 spiro atoms. The molecule has 0 radical (unpaired) electrons. The van der Waals surface area contributed by atoms with Gasteiger partial charge in [0.1, 0.15) is 4.90 Å². The van der Waals surface area contributed by atoms with Gasteiger partial charge in [-0.05, 0) is 50.3 Å². The van der Waals surface area contributed by atoms with Gasteiger partial charge in [0.15, 0.2) is 0 Å².